The number of halogens is 1. The van der Waals surface area contributed by atoms with Crippen molar-refractivity contribution in [1.29, 1.82) is 0 Å². The number of guanidine groups is 1. The van der Waals surface area contributed by atoms with Gasteiger partial charge in [-0.05, 0) is 73.6 Å². The molecule has 1 aliphatic rings. The molecular weight excluding hydrogens is 484 g/mol. The van der Waals surface area contributed by atoms with Crippen molar-refractivity contribution in [2.75, 3.05) is 25.1 Å². The largest absolute Gasteiger partial charge is 0.468 e. The van der Waals surface area contributed by atoms with Crippen LogP contribution in [0.3, 0.4) is 0 Å². The van der Waals surface area contributed by atoms with Crippen LogP contribution in [-0.4, -0.2) is 47.5 Å². The van der Waals surface area contributed by atoms with Crippen LogP contribution in [0.25, 0.3) is 0 Å². The first-order valence-electron chi connectivity index (χ1n) is 11.9. The molecule has 9 N–H and O–H groups in total. The zero-order chi connectivity index (χ0) is 26.2. The summed E-state index contributed by atoms with van der Waals surface area (Å²) >= 11 is 5.81. The first-order valence-corrected chi connectivity index (χ1v) is 12.2. The van der Waals surface area contributed by atoms with Gasteiger partial charge in [0.15, 0.2) is 28.4 Å². The number of amides is 1. The van der Waals surface area contributed by atoms with Gasteiger partial charge in [-0.1, -0.05) is 23.7 Å². The lowest BCUT2D eigenvalue weighted by molar-refractivity contribution is -0.142. The molecule has 0 saturated carbocycles. The summed E-state index contributed by atoms with van der Waals surface area (Å²) in [7, 11) is 1.35. The second kappa shape index (κ2) is 12.5. The number of carbonyl (C=O) groups is 2. The Bertz CT molecular complexity index is 1150. The minimum absolute atomic E-state index is 0.0437. The summed E-state index contributed by atoms with van der Waals surface area (Å²) in [6, 6.07) is 3.58. The zero-order valence-corrected chi connectivity index (χ0v) is 21.1. The van der Waals surface area contributed by atoms with E-state index < -0.39 is 17.9 Å². The van der Waals surface area contributed by atoms with Crippen molar-refractivity contribution in [3.63, 3.8) is 0 Å². The minimum atomic E-state index is -0.665. The predicted octanol–water partition coefficient (Wildman–Crippen LogP) is 1.28. The van der Waals surface area contributed by atoms with Gasteiger partial charge in [-0.3, -0.25) is 19.9 Å². The topological polar surface area (TPSA) is 198 Å². The van der Waals surface area contributed by atoms with Crippen molar-refractivity contribution in [2.24, 2.45) is 16.5 Å². The third-order valence-electron chi connectivity index (χ3n) is 6.17. The number of hydrogen-bond donors (Lipinski definition) is 5. The lowest BCUT2D eigenvalue weighted by Gasteiger charge is -2.24. The number of aliphatic imine (C=N–C) groups is 1. The Labute approximate surface area is 215 Å². The standard InChI is InChI=1S/C24H33ClN8O3/c1-36-23(35)17(26)12-14-10-9-13(15-7-2-3-8-16(14)15)6-4-5-11-30-24(29)33-22(34)18-20(27)32-21(28)19(25)31-18/h9-10,17H,2-8,11-12,26H2,1H3,(H4,27,28,32)(H3,29,30,33,34)/t17-/m0/s1. The molecule has 0 saturated heterocycles. The number of anilines is 2. The molecule has 1 aromatic heterocycles. The molecule has 36 heavy (non-hydrogen) atoms. The highest BCUT2D eigenvalue weighted by molar-refractivity contribution is 6.31. The van der Waals surface area contributed by atoms with E-state index in [-0.39, 0.29) is 28.4 Å². The van der Waals surface area contributed by atoms with Crippen LogP contribution >= 0.6 is 11.6 Å². The Balaban J connectivity index is 1.54. The van der Waals surface area contributed by atoms with Crippen LogP contribution in [0.15, 0.2) is 17.1 Å². The number of nitrogen functional groups attached to an aromatic ring is 2. The number of aromatic nitrogens is 2. The molecule has 11 nitrogen and oxygen atoms in total. The first-order chi connectivity index (χ1) is 17.2. The van der Waals surface area contributed by atoms with Gasteiger partial charge >= 0.3 is 5.97 Å². The number of carbonyl (C=O) groups excluding carboxylic acids is 2. The van der Waals surface area contributed by atoms with Crippen LogP contribution < -0.4 is 28.3 Å². The molecule has 3 rings (SSSR count). The molecule has 1 heterocycles. The fraction of sp³-hybridized carbons (Fsp3) is 0.458. The number of fused-ring (bicyclic) bond motifs is 1. The Morgan fingerprint density at radius 3 is 2.47 bits per heavy atom. The van der Waals surface area contributed by atoms with Gasteiger partial charge in [0.2, 0.25) is 0 Å². The summed E-state index contributed by atoms with van der Waals surface area (Å²) < 4.78 is 4.77. The van der Waals surface area contributed by atoms with Crippen LogP contribution in [0.5, 0.6) is 0 Å². The molecule has 0 bridgehead atoms. The second-order valence-electron chi connectivity index (χ2n) is 8.69. The number of esters is 1. The van der Waals surface area contributed by atoms with Gasteiger partial charge in [0.05, 0.1) is 7.11 Å². The van der Waals surface area contributed by atoms with Gasteiger partial charge in [-0.15, -0.1) is 0 Å². The predicted molar refractivity (Wildman–Crippen MR) is 140 cm³/mol. The molecule has 1 aliphatic carbocycles. The Morgan fingerprint density at radius 1 is 1.11 bits per heavy atom. The normalized spacial score (nSPS) is 14.1. The number of unbranched alkanes of at least 4 members (excludes halogenated alkanes) is 1. The number of nitrogens with two attached hydrogens (primary N) is 4. The highest BCUT2D eigenvalue weighted by Crippen LogP contribution is 2.29. The van der Waals surface area contributed by atoms with Gasteiger partial charge in [0, 0.05) is 6.54 Å². The Hall–Kier alpha value is -3.44. The number of aryl methyl sites for hydroxylation is 1. The third kappa shape index (κ3) is 6.82. The summed E-state index contributed by atoms with van der Waals surface area (Å²) in [5.74, 6) is -1.32. The third-order valence-corrected chi connectivity index (χ3v) is 6.45. The van der Waals surface area contributed by atoms with E-state index in [0.29, 0.717) is 13.0 Å². The molecule has 2 aromatic rings. The fourth-order valence-corrected chi connectivity index (χ4v) is 4.49. The van der Waals surface area contributed by atoms with Gasteiger partial charge in [0.25, 0.3) is 5.91 Å². The monoisotopic (exact) mass is 516 g/mol. The van der Waals surface area contributed by atoms with Crippen molar-refractivity contribution in [3.05, 3.63) is 45.2 Å². The maximum absolute atomic E-state index is 12.3. The summed E-state index contributed by atoms with van der Waals surface area (Å²) in [4.78, 5) is 35.9. The average Bonchev–Trinajstić information content (AvgIpc) is 2.86. The second-order valence-corrected chi connectivity index (χ2v) is 9.05. The lowest BCUT2D eigenvalue weighted by Crippen LogP contribution is -2.38. The van der Waals surface area contributed by atoms with Gasteiger partial charge < -0.3 is 27.7 Å². The van der Waals surface area contributed by atoms with E-state index in [2.05, 4.69) is 32.4 Å². The molecule has 12 heteroatoms. The molecule has 1 aromatic carbocycles. The fourth-order valence-electron chi connectivity index (χ4n) is 4.36. The molecule has 0 aliphatic heterocycles. The lowest BCUT2D eigenvalue weighted by atomic mass is 9.82. The average molecular weight is 517 g/mol. The molecule has 0 radical (unpaired) electrons. The van der Waals surface area contributed by atoms with Crippen molar-refractivity contribution in [2.45, 2.75) is 57.4 Å². The van der Waals surface area contributed by atoms with E-state index in [9.17, 15) is 9.59 Å². The van der Waals surface area contributed by atoms with Crippen LogP contribution in [0.4, 0.5) is 11.6 Å². The van der Waals surface area contributed by atoms with E-state index >= 15 is 0 Å². The van der Waals surface area contributed by atoms with Gasteiger partial charge in [0.1, 0.15) is 6.04 Å². The summed E-state index contributed by atoms with van der Waals surface area (Å²) in [6.07, 6.45) is 7.40. The van der Waals surface area contributed by atoms with Crippen LogP contribution in [0.1, 0.15) is 58.4 Å². The van der Waals surface area contributed by atoms with E-state index in [4.69, 9.17) is 39.3 Å². The highest BCUT2D eigenvalue weighted by atomic mass is 35.5. The van der Waals surface area contributed by atoms with E-state index in [0.717, 1.165) is 50.5 Å². The minimum Gasteiger partial charge on any atom is -0.468 e. The smallest absolute Gasteiger partial charge is 0.322 e. The SMILES string of the molecule is COC(=O)[C@@H](N)Cc1ccc(CCCCN=C(N)NC(=O)c2nc(Cl)c(N)nc2N)c2c1CCCC2. The number of nitrogens with one attached hydrogen (secondary N) is 1. The summed E-state index contributed by atoms with van der Waals surface area (Å²) in [6.45, 7) is 0.448. The summed E-state index contributed by atoms with van der Waals surface area (Å²) in [5, 5.41) is 2.31. The van der Waals surface area contributed by atoms with Gasteiger partial charge in [-0.25, -0.2) is 9.97 Å². The molecule has 0 unspecified atom stereocenters. The van der Waals surface area contributed by atoms with Crippen LogP contribution in [-0.2, 0) is 35.2 Å². The Morgan fingerprint density at radius 2 is 1.78 bits per heavy atom. The molecule has 194 valence electrons. The number of rotatable bonds is 9. The molecule has 0 spiro atoms. The molecule has 0 fully saturated rings. The number of methoxy groups -OCH3 is 1. The first kappa shape index (κ1) is 27.2. The number of benzene rings is 1. The maximum atomic E-state index is 12.3. The van der Waals surface area contributed by atoms with E-state index in [1.165, 1.54) is 23.8 Å². The summed E-state index contributed by atoms with van der Waals surface area (Å²) in [5.41, 5.74) is 28.0. The van der Waals surface area contributed by atoms with Crippen molar-refractivity contribution in [1.82, 2.24) is 15.3 Å². The number of ether oxygens (including phenoxy) is 1. The quantitative estimate of drug-likeness (QED) is 0.141. The molecule has 1 amide bonds. The number of nitrogens with zero attached hydrogens (tertiary/aromatic N) is 3. The molecular formula is C24H33ClN8O3. The van der Waals surface area contributed by atoms with E-state index in [1.807, 2.05) is 0 Å². The molecule has 1 atom stereocenters. The van der Waals surface area contributed by atoms with E-state index in [1.54, 1.807) is 0 Å². The highest BCUT2D eigenvalue weighted by Gasteiger charge is 2.21. The Kier molecular flexibility index (Phi) is 9.43. The van der Waals surface area contributed by atoms with Crippen molar-refractivity contribution in [3.8, 4) is 0 Å². The van der Waals surface area contributed by atoms with Crippen molar-refractivity contribution >= 4 is 41.1 Å². The van der Waals surface area contributed by atoms with Crippen LogP contribution in [0, 0.1) is 0 Å². The maximum Gasteiger partial charge on any atom is 0.322 e. The van der Waals surface area contributed by atoms with Crippen LogP contribution in [0.2, 0.25) is 5.15 Å². The van der Waals surface area contributed by atoms with Gasteiger partial charge in [-0.2, -0.15) is 0 Å². The van der Waals surface area contributed by atoms with Crippen molar-refractivity contribution < 1.29 is 14.3 Å². The zero-order valence-electron chi connectivity index (χ0n) is 20.3. The number of hydrogen-bond acceptors (Lipinski definition) is 9.